The SMILES string of the molecule is Br.[Br-].[Br-].[Na+].[Na+]. The molecule has 0 atom stereocenters. The maximum absolute atomic E-state index is 0. The van der Waals surface area contributed by atoms with E-state index in [9.17, 15) is 0 Å². The largest absolute Gasteiger partial charge is 1.00 e. The van der Waals surface area contributed by atoms with Gasteiger partial charge in [0.15, 0.2) is 0 Å². The first-order valence-electron chi connectivity index (χ1n) is 0. The van der Waals surface area contributed by atoms with Crippen LogP contribution < -0.4 is 93.1 Å². The van der Waals surface area contributed by atoms with Crippen molar-refractivity contribution in [1.29, 1.82) is 0 Å². The summed E-state index contributed by atoms with van der Waals surface area (Å²) >= 11 is 0. The minimum absolute atomic E-state index is 0. The second-order valence-corrected chi connectivity index (χ2v) is 0. The molecule has 0 aliphatic heterocycles. The van der Waals surface area contributed by atoms with Crippen LogP contribution in [-0.4, -0.2) is 0 Å². The molecule has 0 nitrogen and oxygen atoms in total. The first kappa shape index (κ1) is 39.5. The van der Waals surface area contributed by atoms with Gasteiger partial charge in [0.25, 0.3) is 0 Å². The fourth-order valence-electron chi connectivity index (χ4n) is 0. The molecule has 0 aromatic heterocycles. The normalized spacial score (nSPS) is 0. The molecular weight excluding hydrogens is 286 g/mol. The van der Waals surface area contributed by atoms with Gasteiger partial charge in [-0.2, -0.15) is 0 Å². The molecule has 5 heavy (non-hydrogen) atoms. The average molecular weight is 287 g/mol. The Bertz CT molecular complexity index is 4.85. The van der Waals surface area contributed by atoms with Crippen molar-refractivity contribution in [2.24, 2.45) is 0 Å². The van der Waals surface area contributed by atoms with Crippen LogP contribution in [-0.2, 0) is 0 Å². The molecule has 24 valence electrons. The zero-order chi connectivity index (χ0) is 0. The quantitative estimate of drug-likeness (QED) is 0.388. The van der Waals surface area contributed by atoms with Crippen molar-refractivity contribution < 1.29 is 93.1 Å². The van der Waals surface area contributed by atoms with E-state index in [1.807, 2.05) is 0 Å². The van der Waals surface area contributed by atoms with Gasteiger partial charge in [0.05, 0.1) is 0 Å². The van der Waals surface area contributed by atoms with Gasteiger partial charge < -0.3 is 34.0 Å². The fourth-order valence-corrected chi connectivity index (χ4v) is 0. The van der Waals surface area contributed by atoms with Gasteiger partial charge in [-0.3, -0.25) is 0 Å². The second kappa shape index (κ2) is 26.1. The number of hydrogen-bond acceptors (Lipinski definition) is 0. The van der Waals surface area contributed by atoms with Crippen molar-refractivity contribution in [3.8, 4) is 0 Å². The van der Waals surface area contributed by atoms with Gasteiger partial charge in [-0.1, -0.05) is 0 Å². The molecule has 5 heteroatoms. The van der Waals surface area contributed by atoms with Crippen molar-refractivity contribution in [2.75, 3.05) is 0 Å². The minimum Gasteiger partial charge on any atom is -1.00 e. The summed E-state index contributed by atoms with van der Waals surface area (Å²) in [6.45, 7) is 0. The molecule has 0 heterocycles. The molecule has 0 unspecified atom stereocenters. The van der Waals surface area contributed by atoms with Crippen LogP contribution >= 0.6 is 17.0 Å². The maximum Gasteiger partial charge on any atom is 1.00 e. The Morgan fingerprint density at radius 2 is 0.600 bits per heavy atom. The molecule has 0 saturated carbocycles. The van der Waals surface area contributed by atoms with E-state index in [-0.39, 0.29) is 110 Å². The first-order chi connectivity index (χ1) is 0. The van der Waals surface area contributed by atoms with Crippen molar-refractivity contribution in [1.82, 2.24) is 0 Å². The van der Waals surface area contributed by atoms with E-state index in [1.54, 1.807) is 0 Å². The topological polar surface area (TPSA) is 0 Å². The Morgan fingerprint density at radius 1 is 0.600 bits per heavy atom. The Labute approximate surface area is 108 Å². The molecule has 0 aliphatic rings. The van der Waals surface area contributed by atoms with Crippen molar-refractivity contribution in [3.05, 3.63) is 0 Å². The number of rotatable bonds is 0. The van der Waals surface area contributed by atoms with Crippen LogP contribution in [0, 0.1) is 0 Å². The third-order valence-corrected chi connectivity index (χ3v) is 0. The molecule has 0 aliphatic carbocycles. The molecule has 0 aromatic carbocycles. The van der Waals surface area contributed by atoms with E-state index in [2.05, 4.69) is 0 Å². The molecule has 0 bridgehead atoms. The van der Waals surface area contributed by atoms with E-state index in [0.29, 0.717) is 0 Å². The molecular formula is HBr3Na2. The molecule has 0 amide bonds. The summed E-state index contributed by atoms with van der Waals surface area (Å²) in [6.07, 6.45) is 0. The van der Waals surface area contributed by atoms with Crippen molar-refractivity contribution in [2.45, 2.75) is 0 Å². The van der Waals surface area contributed by atoms with Crippen LogP contribution in [0.1, 0.15) is 0 Å². The van der Waals surface area contributed by atoms with Gasteiger partial charge >= 0.3 is 59.1 Å². The summed E-state index contributed by atoms with van der Waals surface area (Å²) in [5, 5.41) is 0. The summed E-state index contributed by atoms with van der Waals surface area (Å²) in [4.78, 5) is 0. The van der Waals surface area contributed by atoms with E-state index < -0.39 is 0 Å². The molecule has 0 rings (SSSR count). The van der Waals surface area contributed by atoms with Gasteiger partial charge in [-0.25, -0.2) is 0 Å². The Morgan fingerprint density at radius 3 is 0.600 bits per heavy atom. The fraction of sp³-hybridized carbons (Fsp3) is 0. The van der Waals surface area contributed by atoms with E-state index >= 15 is 0 Å². The van der Waals surface area contributed by atoms with Gasteiger partial charge in [-0.15, -0.1) is 17.0 Å². The second-order valence-electron chi connectivity index (χ2n) is 0. The third-order valence-electron chi connectivity index (χ3n) is 0. The summed E-state index contributed by atoms with van der Waals surface area (Å²) in [6, 6.07) is 0. The molecule has 0 N–H and O–H groups in total. The van der Waals surface area contributed by atoms with Crippen LogP contribution in [0.2, 0.25) is 0 Å². The van der Waals surface area contributed by atoms with E-state index in [4.69, 9.17) is 0 Å². The zero-order valence-corrected chi connectivity index (χ0v) is 12.0. The molecule has 0 spiro atoms. The average Bonchev–Trinajstić information content (AvgIpc) is 0. The van der Waals surface area contributed by atoms with E-state index in [1.165, 1.54) is 0 Å². The predicted octanol–water partition coefficient (Wildman–Crippen LogP) is -11.4. The summed E-state index contributed by atoms with van der Waals surface area (Å²) < 4.78 is 0. The molecule has 0 saturated heterocycles. The van der Waals surface area contributed by atoms with Gasteiger partial charge in [-0.05, 0) is 0 Å². The number of halogens is 3. The molecule has 0 fully saturated rings. The van der Waals surface area contributed by atoms with Crippen LogP contribution in [0.3, 0.4) is 0 Å². The van der Waals surface area contributed by atoms with Crippen LogP contribution in [0.5, 0.6) is 0 Å². The third kappa shape index (κ3) is 18.6. The van der Waals surface area contributed by atoms with Crippen LogP contribution in [0.15, 0.2) is 0 Å². The summed E-state index contributed by atoms with van der Waals surface area (Å²) in [5.41, 5.74) is 0. The zero-order valence-electron chi connectivity index (χ0n) is 3.16. The van der Waals surface area contributed by atoms with Crippen LogP contribution in [0.25, 0.3) is 0 Å². The summed E-state index contributed by atoms with van der Waals surface area (Å²) in [7, 11) is 0. The Hall–Kier alpha value is 3.44. The van der Waals surface area contributed by atoms with Gasteiger partial charge in [0, 0.05) is 0 Å². The molecule has 0 radical (unpaired) electrons. The predicted molar refractivity (Wildman–Crippen MR) is 10.3 cm³/mol. The smallest absolute Gasteiger partial charge is 1.00 e. The van der Waals surface area contributed by atoms with Crippen LogP contribution in [0.4, 0.5) is 0 Å². The Balaban J connectivity index is 0. The Kier molecular flexibility index (Phi) is 206. The van der Waals surface area contributed by atoms with Gasteiger partial charge in [0.2, 0.25) is 0 Å². The van der Waals surface area contributed by atoms with E-state index in [0.717, 1.165) is 0 Å². The minimum atomic E-state index is 0. The molecule has 0 aromatic rings. The number of hydrogen-bond donors (Lipinski definition) is 0. The monoisotopic (exact) mass is 284 g/mol. The summed E-state index contributed by atoms with van der Waals surface area (Å²) in [5.74, 6) is 0. The maximum atomic E-state index is 0. The van der Waals surface area contributed by atoms with Crippen molar-refractivity contribution in [3.63, 3.8) is 0 Å². The van der Waals surface area contributed by atoms with Gasteiger partial charge in [0.1, 0.15) is 0 Å². The van der Waals surface area contributed by atoms with Crippen molar-refractivity contribution >= 4 is 17.0 Å². The first-order valence-corrected chi connectivity index (χ1v) is 0. The standard InChI is InChI=1S/3BrH.2Na/h3*1H;;/q;;;2*+1/p-2.